The Morgan fingerprint density at radius 2 is 2.08 bits per heavy atom. The van der Waals surface area contributed by atoms with Crippen LogP contribution in [0.1, 0.15) is 11.1 Å². The molecule has 0 aliphatic rings. The van der Waals surface area contributed by atoms with E-state index in [0.29, 0.717) is 0 Å². The second-order valence-electron chi connectivity index (χ2n) is 5.91. The van der Waals surface area contributed by atoms with Gasteiger partial charge in [-0.1, -0.05) is 12.1 Å². The third-order valence-electron chi connectivity index (χ3n) is 3.86. The predicted octanol–water partition coefficient (Wildman–Crippen LogP) is 4.42. The number of hydrogen-bond acceptors (Lipinski definition) is 4. The number of nitrogens with one attached hydrogen (secondary N) is 1. The molecule has 0 radical (unpaired) electrons. The molecule has 3 heterocycles. The van der Waals surface area contributed by atoms with Crippen LogP contribution in [0.4, 0.5) is 5.69 Å². The van der Waals surface area contributed by atoms with Crippen LogP contribution in [0.5, 0.6) is 0 Å². The van der Waals surface area contributed by atoms with Crippen LogP contribution in [-0.2, 0) is 4.79 Å². The molecule has 0 atom stereocenters. The highest BCUT2D eigenvalue weighted by Gasteiger charge is 2.05. The van der Waals surface area contributed by atoms with Crippen LogP contribution >= 0.6 is 11.3 Å². The fourth-order valence-electron chi connectivity index (χ4n) is 2.62. The second-order valence-corrected chi connectivity index (χ2v) is 6.79. The summed E-state index contributed by atoms with van der Waals surface area (Å²) >= 11 is 1.60. The van der Waals surface area contributed by atoms with E-state index < -0.39 is 0 Å². The molecule has 0 fully saturated rings. The number of aryl methyl sites for hydroxylation is 1. The molecule has 1 amide bonds. The van der Waals surface area contributed by atoms with E-state index in [9.17, 15) is 4.79 Å². The number of fused-ring (bicyclic) bond motifs is 1. The molecular weight excluding hydrogens is 344 g/mol. The summed E-state index contributed by atoms with van der Waals surface area (Å²) in [6, 6.07) is 9.64. The summed E-state index contributed by atoms with van der Waals surface area (Å²) in [5, 5.41) is 4.86. The Hall–Kier alpha value is -3.25. The maximum absolute atomic E-state index is 12.1. The van der Waals surface area contributed by atoms with Gasteiger partial charge in [-0.05, 0) is 42.3 Å². The zero-order valence-corrected chi connectivity index (χ0v) is 14.9. The van der Waals surface area contributed by atoms with Crippen molar-refractivity contribution in [3.8, 4) is 11.3 Å². The molecule has 4 rings (SSSR count). The second kappa shape index (κ2) is 6.93. The Balaban J connectivity index is 1.43. The van der Waals surface area contributed by atoms with Crippen LogP contribution in [0, 0.1) is 6.92 Å². The first-order valence-electron chi connectivity index (χ1n) is 8.11. The Bertz CT molecular complexity index is 1060. The molecule has 0 unspecified atom stereocenters. The third-order valence-corrected chi connectivity index (χ3v) is 4.64. The molecular formula is C20H16N4OS. The molecule has 1 aromatic carbocycles. The fourth-order valence-corrected chi connectivity index (χ4v) is 3.32. The maximum atomic E-state index is 12.1. The van der Waals surface area contributed by atoms with Gasteiger partial charge in [-0.25, -0.2) is 4.98 Å². The van der Waals surface area contributed by atoms with Gasteiger partial charge in [-0.15, -0.1) is 11.3 Å². The topological polar surface area (TPSA) is 59.3 Å². The zero-order valence-electron chi connectivity index (χ0n) is 14.1. The van der Waals surface area contributed by atoms with Crippen molar-refractivity contribution in [2.24, 2.45) is 0 Å². The Morgan fingerprint density at radius 3 is 2.85 bits per heavy atom. The van der Waals surface area contributed by atoms with Crippen molar-refractivity contribution in [1.29, 1.82) is 0 Å². The van der Waals surface area contributed by atoms with Gasteiger partial charge in [0.2, 0.25) is 5.91 Å². The van der Waals surface area contributed by atoms with Crippen LogP contribution in [0.15, 0.2) is 66.6 Å². The summed E-state index contributed by atoms with van der Waals surface area (Å²) < 4.78 is 2.00. The highest BCUT2D eigenvalue weighted by Crippen LogP contribution is 2.23. The molecule has 26 heavy (non-hydrogen) atoms. The minimum atomic E-state index is -0.179. The summed E-state index contributed by atoms with van der Waals surface area (Å²) in [6.45, 7) is 1.97. The molecule has 4 aromatic rings. The van der Waals surface area contributed by atoms with Gasteiger partial charge in [-0.3, -0.25) is 14.2 Å². The lowest BCUT2D eigenvalue weighted by Crippen LogP contribution is -2.07. The molecule has 0 aliphatic heterocycles. The van der Waals surface area contributed by atoms with Crippen molar-refractivity contribution >= 4 is 34.0 Å². The minimum Gasteiger partial charge on any atom is -0.323 e. The van der Waals surface area contributed by atoms with Crippen molar-refractivity contribution in [1.82, 2.24) is 14.4 Å². The van der Waals surface area contributed by atoms with E-state index in [0.717, 1.165) is 33.0 Å². The van der Waals surface area contributed by atoms with E-state index in [-0.39, 0.29) is 5.91 Å². The third kappa shape index (κ3) is 3.55. The molecule has 0 aliphatic carbocycles. The predicted molar refractivity (Wildman–Crippen MR) is 105 cm³/mol. The Labute approximate surface area is 154 Å². The van der Waals surface area contributed by atoms with Gasteiger partial charge in [0.1, 0.15) is 0 Å². The number of carbonyl (C=O) groups excluding carboxylic acids is 1. The van der Waals surface area contributed by atoms with E-state index in [2.05, 4.69) is 15.3 Å². The van der Waals surface area contributed by atoms with Gasteiger partial charge in [0, 0.05) is 47.5 Å². The van der Waals surface area contributed by atoms with E-state index in [1.807, 2.05) is 59.4 Å². The number of amides is 1. The fraction of sp³-hybridized carbons (Fsp3) is 0.0500. The SMILES string of the molecule is Cc1cncc(/C=C/C(=O)Nc2ccc(-c3cn4ccsc4n3)cc2)c1. The highest BCUT2D eigenvalue weighted by molar-refractivity contribution is 7.15. The van der Waals surface area contributed by atoms with Gasteiger partial charge < -0.3 is 5.32 Å². The highest BCUT2D eigenvalue weighted by atomic mass is 32.1. The van der Waals surface area contributed by atoms with Gasteiger partial charge in [0.25, 0.3) is 0 Å². The van der Waals surface area contributed by atoms with E-state index >= 15 is 0 Å². The number of carbonyl (C=O) groups is 1. The first-order valence-corrected chi connectivity index (χ1v) is 8.99. The van der Waals surface area contributed by atoms with E-state index in [4.69, 9.17) is 0 Å². The van der Waals surface area contributed by atoms with Crippen molar-refractivity contribution in [3.63, 3.8) is 0 Å². The molecule has 128 valence electrons. The first kappa shape index (κ1) is 16.2. The van der Waals surface area contributed by atoms with Crippen molar-refractivity contribution < 1.29 is 4.79 Å². The van der Waals surface area contributed by atoms with Crippen LogP contribution < -0.4 is 5.32 Å². The van der Waals surface area contributed by atoms with Crippen LogP contribution in [0.2, 0.25) is 0 Å². The molecule has 0 saturated carbocycles. The molecule has 1 N–H and O–H groups in total. The summed E-state index contributed by atoms with van der Waals surface area (Å²) in [5.41, 5.74) is 4.63. The summed E-state index contributed by atoms with van der Waals surface area (Å²) in [5.74, 6) is -0.179. The molecule has 6 heteroatoms. The van der Waals surface area contributed by atoms with Gasteiger partial charge >= 0.3 is 0 Å². The number of nitrogens with zero attached hydrogens (tertiary/aromatic N) is 3. The molecule has 0 spiro atoms. The molecule has 0 bridgehead atoms. The molecule has 5 nitrogen and oxygen atoms in total. The summed E-state index contributed by atoms with van der Waals surface area (Å²) in [4.78, 5) is 21.7. The molecule has 0 saturated heterocycles. The number of imidazole rings is 1. The lowest BCUT2D eigenvalue weighted by atomic mass is 10.1. The van der Waals surface area contributed by atoms with Crippen LogP contribution in [0.25, 0.3) is 22.3 Å². The standard InChI is InChI=1S/C20H16N4OS/c1-14-10-15(12-21-11-14)2-7-19(25)22-17-5-3-16(4-6-17)18-13-24-8-9-26-20(24)23-18/h2-13H,1H3,(H,22,25)/b7-2+. The van der Waals surface area contributed by atoms with Crippen LogP contribution in [0.3, 0.4) is 0 Å². The molecule has 3 aromatic heterocycles. The largest absolute Gasteiger partial charge is 0.323 e. The number of anilines is 1. The number of aromatic nitrogens is 3. The quantitative estimate of drug-likeness (QED) is 0.548. The monoisotopic (exact) mass is 360 g/mol. The number of thiazole rings is 1. The lowest BCUT2D eigenvalue weighted by Gasteiger charge is -2.03. The Morgan fingerprint density at radius 1 is 1.23 bits per heavy atom. The maximum Gasteiger partial charge on any atom is 0.248 e. The Kier molecular flexibility index (Phi) is 4.33. The van der Waals surface area contributed by atoms with Crippen molar-refractivity contribution in [2.45, 2.75) is 6.92 Å². The van der Waals surface area contributed by atoms with Gasteiger partial charge in [0.05, 0.1) is 5.69 Å². The average Bonchev–Trinajstić information content (AvgIpc) is 3.23. The summed E-state index contributed by atoms with van der Waals surface area (Å²) in [6.07, 6.45) is 10.7. The van der Waals surface area contributed by atoms with Gasteiger partial charge in [-0.2, -0.15) is 0 Å². The minimum absolute atomic E-state index is 0.179. The first-order chi connectivity index (χ1) is 12.7. The van der Waals surface area contributed by atoms with E-state index in [1.54, 1.807) is 29.8 Å². The normalized spacial score (nSPS) is 11.3. The lowest BCUT2D eigenvalue weighted by molar-refractivity contribution is -0.111. The number of pyridine rings is 1. The van der Waals surface area contributed by atoms with Gasteiger partial charge in [0.15, 0.2) is 4.96 Å². The summed E-state index contributed by atoms with van der Waals surface area (Å²) in [7, 11) is 0. The average molecular weight is 360 g/mol. The van der Waals surface area contributed by atoms with Crippen molar-refractivity contribution in [2.75, 3.05) is 5.32 Å². The number of benzene rings is 1. The van der Waals surface area contributed by atoms with E-state index in [1.165, 1.54) is 6.08 Å². The number of rotatable bonds is 4. The van der Waals surface area contributed by atoms with Crippen LogP contribution in [-0.4, -0.2) is 20.3 Å². The number of hydrogen-bond donors (Lipinski definition) is 1. The smallest absolute Gasteiger partial charge is 0.248 e. The van der Waals surface area contributed by atoms with Crippen molar-refractivity contribution in [3.05, 3.63) is 77.7 Å². The zero-order chi connectivity index (χ0) is 17.9.